The van der Waals surface area contributed by atoms with E-state index >= 15 is 0 Å². The van der Waals surface area contributed by atoms with Gasteiger partial charge in [-0.15, -0.1) is 0 Å². The van der Waals surface area contributed by atoms with Crippen molar-refractivity contribution in [3.63, 3.8) is 0 Å². The van der Waals surface area contributed by atoms with Crippen LogP contribution in [0.15, 0.2) is 48.6 Å². The molecule has 0 saturated heterocycles. The van der Waals surface area contributed by atoms with Gasteiger partial charge in [-0.05, 0) is 111 Å². The normalized spacial score (nSPS) is 36.2. The molecule has 2 aliphatic carbocycles. The largest absolute Gasteiger partial charge is 0.490 e. The summed E-state index contributed by atoms with van der Waals surface area (Å²) >= 11 is 6.43. The summed E-state index contributed by atoms with van der Waals surface area (Å²) in [7, 11) is -1.28. The number of amides is 1. The fourth-order valence-electron chi connectivity index (χ4n) is 7.90. The monoisotopic (exact) mass is 640 g/mol. The second-order valence-corrected chi connectivity index (χ2v) is 16.4. The van der Waals surface area contributed by atoms with Crippen molar-refractivity contribution in [3.05, 3.63) is 70.3 Å². The maximum atomic E-state index is 13.7. The molecule has 0 radical (unpaired) electrons. The van der Waals surface area contributed by atoms with Crippen LogP contribution in [-0.2, 0) is 26.3 Å². The van der Waals surface area contributed by atoms with Crippen LogP contribution in [0, 0.1) is 17.8 Å². The van der Waals surface area contributed by atoms with Gasteiger partial charge in [-0.2, -0.15) is 0 Å². The predicted octanol–water partition coefficient (Wildman–Crippen LogP) is 5.56. The number of carbonyl (C=O) groups is 1. The van der Waals surface area contributed by atoms with Crippen molar-refractivity contribution >= 4 is 38.8 Å². The third-order valence-corrected chi connectivity index (χ3v) is 13.4. The summed E-state index contributed by atoms with van der Waals surface area (Å²) in [4.78, 5) is 16.0. The zero-order valence-corrected chi connectivity index (χ0v) is 27.6. The molecule has 1 spiro atoms. The van der Waals surface area contributed by atoms with Gasteiger partial charge >= 0.3 is 0 Å². The molecular weight excluding hydrogens is 596 g/mol. The first kappa shape index (κ1) is 31.5. The van der Waals surface area contributed by atoms with E-state index in [9.17, 15) is 14.1 Å². The van der Waals surface area contributed by atoms with Gasteiger partial charge in [-0.25, -0.2) is 4.21 Å². The number of halogens is 1. The summed E-state index contributed by atoms with van der Waals surface area (Å²) in [5.74, 6) is 4.67. The molecule has 0 aromatic heterocycles. The zero-order chi connectivity index (χ0) is 31.3. The van der Waals surface area contributed by atoms with Crippen LogP contribution < -0.4 is 14.4 Å². The molecule has 2 aliphatic heterocycles. The number of anilines is 1. The number of benzene rings is 2. The van der Waals surface area contributed by atoms with Crippen molar-refractivity contribution in [2.45, 2.75) is 68.6 Å². The lowest BCUT2D eigenvalue weighted by molar-refractivity contribution is -0.103. The molecule has 2 heterocycles. The first-order valence-electron chi connectivity index (χ1n) is 15.8. The van der Waals surface area contributed by atoms with E-state index in [1.807, 2.05) is 44.2 Å². The topological polar surface area (TPSA) is 88.1 Å². The number of hydrogen-bond acceptors (Lipinski definition) is 6. The Morgan fingerprint density at radius 1 is 1.23 bits per heavy atom. The van der Waals surface area contributed by atoms with Gasteiger partial charge in [0.2, 0.25) is 0 Å². The minimum absolute atomic E-state index is 0.0183. The van der Waals surface area contributed by atoms with E-state index in [2.05, 4.69) is 27.6 Å². The van der Waals surface area contributed by atoms with Crippen LogP contribution in [0.25, 0.3) is 0 Å². The maximum Gasteiger partial charge on any atom is 0.262 e. The Morgan fingerprint density at radius 3 is 2.77 bits per heavy atom. The molecule has 2 aromatic rings. The molecule has 238 valence electrons. The highest BCUT2D eigenvalue weighted by Crippen LogP contribution is 2.49. The molecule has 1 amide bonds. The summed E-state index contributed by atoms with van der Waals surface area (Å²) in [6, 6.07) is 11.7. The number of aliphatic hydroxyl groups is 1. The van der Waals surface area contributed by atoms with E-state index in [4.69, 9.17) is 21.1 Å². The van der Waals surface area contributed by atoms with Crippen molar-refractivity contribution in [1.82, 2.24) is 4.72 Å². The molecule has 1 saturated carbocycles. The molecule has 2 aromatic carbocycles. The number of nitrogens with zero attached hydrogens (tertiary/aromatic N) is 1. The lowest BCUT2D eigenvalue weighted by Gasteiger charge is -2.50. The lowest BCUT2D eigenvalue weighted by atomic mass is 9.64. The van der Waals surface area contributed by atoms with Crippen molar-refractivity contribution in [3.8, 4) is 5.75 Å². The Morgan fingerprint density at radius 2 is 2.05 bits per heavy atom. The fraction of sp³-hybridized carbons (Fsp3) is 0.543. The fourth-order valence-corrected chi connectivity index (χ4v) is 9.58. The number of hydrogen-bond donors (Lipinski definition) is 2. The number of aliphatic hydroxyl groups excluding tert-OH is 1. The molecule has 9 heteroatoms. The second-order valence-electron chi connectivity index (χ2n) is 13.5. The number of allylic oxidation sites excluding steroid dienone is 1. The average molecular weight is 641 g/mol. The molecule has 7 nitrogen and oxygen atoms in total. The highest BCUT2D eigenvalue weighted by molar-refractivity contribution is 7.99. The van der Waals surface area contributed by atoms with Crippen molar-refractivity contribution in [1.29, 1.82) is 0 Å². The van der Waals surface area contributed by atoms with Gasteiger partial charge in [0.25, 0.3) is 5.91 Å². The highest BCUT2D eigenvalue weighted by Gasteiger charge is 2.49. The predicted molar refractivity (Wildman–Crippen MR) is 178 cm³/mol. The van der Waals surface area contributed by atoms with Crippen LogP contribution >= 0.6 is 11.6 Å². The minimum Gasteiger partial charge on any atom is -0.490 e. The second kappa shape index (κ2) is 12.0. The Balaban J connectivity index is 1.46. The SMILES string of the molecule is C=S1(=O)NC(=O)c2ccc3c(c2)N(C[C@@H]2CC[C@H]2[C@@](CO)(OC)/C=C/C[C@H](C)[C@H]1C)C[C@@]1(CCCc2cc(Cl)ccc21)CO3. The van der Waals surface area contributed by atoms with Crippen LogP contribution in [0.4, 0.5) is 5.69 Å². The van der Waals surface area contributed by atoms with E-state index < -0.39 is 21.2 Å². The Kier molecular flexibility index (Phi) is 8.59. The van der Waals surface area contributed by atoms with Gasteiger partial charge in [0, 0.05) is 41.5 Å². The molecule has 7 atom stereocenters. The Hall–Kier alpha value is -2.52. The summed E-state index contributed by atoms with van der Waals surface area (Å²) in [5.41, 5.74) is 2.78. The summed E-state index contributed by atoms with van der Waals surface area (Å²) < 4.78 is 29.2. The van der Waals surface area contributed by atoms with Crippen molar-refractivity contribution in [2.75, 3.05) is 38.3 Å². The van der Waals surface area contributed by atoms with Crippen LogP contribution in [0.2, 0.25) is 5.02 Å². The number of fused-ring (bicyclic) bond motifs is 4. The summed E-state index contributed by atoms with van der Waals surface area (Å²) in [5, 5.41) is 11.1. The summed E-state index contributed by atoms with van der Waals surface area (Å²) in [6.45, 7) is 5.74. The number of nitrogens with one attached hydrogen (secondary N) is 1. The highest BCUT2D eigenvalue weighted by atomic mass is 35.5. The number of methoxy groups -OCH3 is 1. The molecular formula is C35H45ClN2O5S. The first-order valence-corrected chi connectivity index (χ1v) is 18.0. The van der Waals surface area contributed by atoms with Crippen LogP contribution in [-0.4, -0.2) is 65.4 Å². The van der Waals surface area contributed by atoms with Gasteiger partial charge in [0.1, 0.15) is 11.4 Å². The van der Waals surface area contributed by atoms with Crippen LogP contribution in [0.3, 0.4) is 0 Å². The molecule has 1 unspecified atom stereocenters. The zero-order valence-electron chi connectivity index (χ0n) is 26.0. The van der Waals surface area contributed by atoms with E-state index in [1.54, 1.807) is 13.2 Å². The van der Waals surface area contributed by atoms with Crippen molar-refractivity contribution in [2.24, 2.45) is 17.8 Å². The third kappa shape index (κ3) is 5.57. The maximum absolute atomic E-state index is 13.7. The van der Waals surface area contributed by atoms with Crippen LogP contribution in [0.1, 0.15) is 67.4 Å². The number of rotatable bonds is 2. The molecule has 2 N–H and O–H groups in total. The van der Waals surface area contributed by atoms with Gasteiger partial charge in [0.15, 0.2) is 0 Å². The van der Waals surface area contributed by atoms with Crippen molar-refractivity contribution < 1.29 is 23.6 Å². The molecule has 44 heavy (non-hydrogen) atoms. The number of ether oxygens (including phenoxy) is 2. The van der Waals surface area contributed by atoms with Gasteiger partial charge in [0.05, 0.1) is 28.6 Å². The molecule has 1 fully saturated rings. The first-order chi connectivity index (χ1) is 21.0. The van der Waals surface area contributed by atoms with E-state index in [1.165, 1.54) is 11.1 Å². The smallest absolute Gasteiger partial charge is 0.262 e. The molecule has 2 bridgehead atoms. The average Bonchev–Trinajstić information content (AvgIpc) is 3.14. The van der Waals surface area contributed by atoms with Gasteiger partial charge < -0.3 is 19.5 Å². The van der Waals surface area contributed by atoms with Crippen LogP contribution in [0.5, 0.6) is 5.75 Å². The lowest BCUT2D eigenvalue weighted by Crippen LogP contribution is -2.54. The Labute approximate surface area is 267 Å². The molecule has 6 rings (SSSR count). The minimum atomic E-state index is -2.95. The van der Waals surface area contributed by atoms with E-state index in [0.29, 0.717) is 18.6 Å². The van der Waals surface area contributed by atoms with E-state index in [0.717, 1.165) is 61.7 Å². The Bertz CT molecular complexity index is 1550. The third-order valence-electron chi connectivity index (χ3n) is 11.0. The van der Waals surface area contributed by atoms with Gasteiger partial charge in [-0.1, -0.05) is 36.7 Å². The summed E-state index contributed by atoms with van der Waals surface area (Å²) in [6.07, 6.45) is 9.66. The standard InChI is InChI=1S/C35H45ClN2O5S/c1-23-7-5-16-35(21-39,42-3)30-12-9-27(30)19-38-20-34(15-6-8-25-17-28(36)11-13-29(25)34)22-43-32-14-10-26(18-31(32)38)33(40)37-44(4,41)24(23)2/h5,10-11,13-14,16-18,23-24,27,30,39H,4,6-9,12,15,19-22H2,1-3H3,(H,37,40,41)/b16-5+/t23-,24+,27-,30+,34-,35+,44?/m0/s1. The number of carbonyl (C=O) groups excluding carboxylic acids is 1. The molecule has 4 aliphatic rings. The quantitative estimate of drug-likeness (QED) is 0.330. The van der Waals surface area contributed by atoms with Gasteiger partial charge in [-0.3, -0.25) is 9.52 Å². The number of aryl methyl sites for hydroxylation is 1. The van der Waals surface area contributed by atoms with E-state index in [-0.39, 0.29) is 35.0 Å².